The molecule has 0 bridgehead atoms. The van der Waals surface area contributed by atoms with Crippen molar-refractivity contribution in [2.45, 2.75) is 64.5 Å². The number of fused-ring (bicyclic) bond motifs is 9. The van der Waals surface area contributed by atoms with E-state index < -0.39 is 0 Å². The van der Waals surface area contributed by atoms with Crippen LogP contribution in [0.4, 0.5) is 0 Å². The molecule has 0 radical (unpaired) electrons. The fourth-order valence-electron chi connectivity index (χ4n) is 7.35. The second-order valence-corrected chi connectivity index (χ2v) is 18.3. The van der Waals surface area contributed by atoms with Crippen molar-refractivity contribution in [3.05, 3.63) is 83.5 Å². The molecule has 0 amide bonds. The lowest BCUT2D eigenvalue weighted by molar-refractivity contribution is 0.356. The predicted octanol–water partition coefficient (Wildman–Crippen LogP) is 6.36. The van der Waals surface area contributed by atoms with Crippen LogP contribution in [-0.4, -0.2) is 9.13 Å². The molecule has 6 heterocycles. The van der Waals surface area contributed by atoms with Crippen LogP contribution in [0.5, 0.6) is 0 Å². The maximum absolute atomic E-state index is 13.3. The Morgan fingerprint density at radius 1 is 0.800 bits per heavy atom. The van der Waals surface area contributed by atoms with Gasteiger partial charge >= 0.3 is 0 Å². The normalized spacial score (nSPS) is 16.0. The molecule has 8 nitrogen and oxygen atoms in total. The third-order valence-electron chi connectivity index (χ3n) is 9.51. The average molecular weight is 765 g/mol. The highest BCUT2D eigenvalue weighted by Crippen LogP contribution is 2.64. The highest BCUT2D eigenvalue weighted by molar-refractivity contribution is 7.40. The third kappa shape index (κ3) is 4.72. The Morgan fingerprint density at radius 3 is 2.06 bits per heavy atom. The van der Waals surface area contributed by atoms with Crippen LogP contribution in [-0.2, 0) is 18.5 Å². The monoisotopic (exact) mass is 764 g/mol. The highest BCUT2D eigenvalue weighted by Gasteiger charge is 2.48. The van der Waals surface area contributed by atoms with E-state index in [-0.39, 0.29) is 27.8 Å². The SMILES string of the molecule is [C-]#[N+]/C(C#N)=c1\s/c(=C\c2cc3sc4c5c(sc4c3s2)-c2sc(/C=c3\sc(=C(C#N)C#N)n(CC)c3=O)cc2C52CCCCC2)c(=O)n1CC. The summed E-state index contributed by atoms with van der Waals surface area (Å²) in [7, 11) is 0. The van der Waals surface area contributed by atoms with E-state index in [1.807, 2.05) is 66.9 Å². The van der Waals surface area contributed by atoms with Crippen molar-refractivity contribution in [2.24, 2.45) is 0 Å². The summed E-state index contributed by atoms with van der Waals surface area (Å²) in [4.78, 5) is 34.5. The summed E-state index contributed by atoms with van der Waals surface area (Å²) in [5.74, 6) is 0. The summed E-state index contributed by atoms with van der Waals surface area (Å²) in [6.07, 6.45) is 9.55. The van der Waals surface area contributed by atoms with Crippen molar-refractivity contribution in [3.8, 4) is 28.0 Å². The topological polar surface area (TPSA) is 120 Å². The first-order valence-electron chi connectivity index (χ1n) is 15.9. The quantitative estimate of drug-likeness (QED) is 0.194. The Morgan fingerprint density at radius 2 is 1.44 bits per heavy atom. The van der Waals surface area contributed by atoms with Gasteiger partial charge in [0.25, 0.3) is 16.8 Å². The fraction of sp³-hybridized carbons (Fsp3) is 0.278. The molecule has 8 rings (SSSR count). The minimum atomic E-state index is -0.181. The van der Waals surface area contributed by atoms with E-state index in [0.717, 1.165) is 35.4 Å². The number of hydrogen-bond donors (Lipinski definition) is 0. The van der Waals surface area contributed by atoms with Crippen LogP contribution in [0.2, 0.25) is 0 Å². The van der Waals surface area contributed by atoms with Crippen molar-refractivity contribution in [3.63, 3.8) is 0 Å². The van der Waals surface area contributed by atoms with Gasteiger partial charge in [0.1, 0.15) is 21.5 Å². The zero-order valence-electron chi connectivity index (χ0n) is 26.7. The van der Waals surface area contributed by atoms with E-state index in [1.54, 1.807) is 22.7 Å². The van der Waals surface area contributed by atoms with Crippen LogP contribution in [0.1, 0.15) is 66.8 Å². The Kier molecular flexibility index (Phi) is 8.16. The molecule has 2 aliphatic rings. The summed E-state index contributed by atoms with van der Waals surface area (Å²) >= 11 is 9.48. The Balaban J connectivity index is 1.29. The van der Waals surface area contributed by atoms with E-state index in [1.165, 1.54) is 77.9 Å². The van der Waals surface area contributed by atoms with Crippen molar-refractivity contribution < 1.29 is 0 Å². The first-order valence-corrected chi connectivity index (χ1v) is 20.8. The van der Waals surface area contributed by atoms with Gasteiger partial charge in [-0.05, 0) is 56.5 Å². The number of rotatable bonds is 4. The van der Waals surface area contributed by atoms with E-state index in [2.05, 4.69) is 17.0 Å². The van der Waals surface area contributed by atoms with Gasteiger partial charge in [-0.2, -0.15) is 10.5 Å². The number of hydrogen-bond acceptors (Lipinski definition) is 11. The number of nitrogens with zero attached hydrogens (tertiary/aromatic N) is 6. The van der Waals surface area contributed by atoms with E-state index in [4.69, 9.17) is 6.57 Å². The molecular formula is C36H24N6O2S6. The van der Waals surface area contributed by atoms with Crippen molar-refractivity contribution >= 4 is 110 Å². The summed E-state index contributed by atoms with van der Waals surface area (Å²) in [5.41, 5.74) is 2.30. The molecule has 6 aromatic heterocycles. The number of thiophene rings is 4. The molecule has 0 atom stereocenters. The lowest BCUT2D eigenvalue weighted by Crippen LogP contribution is -2.31. The highest BCUT2D eigenvalue weighted by atomic mass is 32.1. The molecule has 0 saturated heterocycles. The third-order valence-corrected chi connectivity index (χ3v) is 16.9. The van der Waals surface area contributed by atoms with Crippen LogP contribution in [0.15, 0.2) is 21.7 Å². The lowest BCUT2D eigenvalue weighted by Gasteiger charge is -2.34. The first-order chi connectivity index (χ1) is 24.3. The van der Waals surface area contributed by atoms with Crippen LogP contribution >= 0.6 is 68.0 Å². The molecule has 1 spiro atoms. The van der Waals surface area contributed by atoms with Gasteiger partial charge in [0, 0.05) is 43.4 Å². The molecule has 6 aromatic rings. The van der Waals surface area contributed by atoms with Crippen molar-refractivity contribution in [1.29, 1.82) is 15.8 Å². The summed E-state index contributed by atoms with van der Waals surface area (Å²) in [6.45, 7) is 11.8. The molecule has 2 aliphatic carbocycles. The van der Waals surface area contributed by atoms with Gasteiger partial charge in [-0.1, -0.05) is 19.3 Å². The van der Waals surface area contributed by atoms with Gasteiger partial charge in [-0.3, -0.25) is 14.2 Å². The largest absolute Gasteiger partial charge is 0.307 e. The zero-order chi connectivity index (χ0) is 34.9. The fourth-order valence-corrected chi connectivity index (χ4v) is 15.5. The van der Waals surface area contributed by atoms with Gasteiger partial charge in [-0.15, -0.1) is 68.0 Å². The lowest BCUT2D eigenvalue weighted by atomic mass is 9.68. The van der Waals surface area contributed by atoms with Crippen LogP contribution < -0.4 is 29.5 Å². The average Bonchev–Trinajstić information content (AvgIpc) is 3.97. The number of aromatic nitrogens is 2. The van der Waals surface area contributed by atoms with Gasteiger partial charge in [-0.25, -0.2) is 10.1 Å². The second-order valence-electron chi connectivity index (χ2n) is 12.0. The summed E-state index contributed by atoms with van der Waals surface area (Å²) < 4.78 is 9.93. The molecule has 246 valence electrons. The van der Waals surface area contributed by atoms with E-state index >= 15 is 0 Å². The molecule has 0 aromatic carbocycles. The van der Waals surface area contributed by atoms with Crippen molar-refractivity contribution in [2.75, 3.05) is 0 Å². The smallest absolute Gasteiger partial charge is 0.294 e. The molecule has 50 heavy (non-hydrogen) atoms. The molecule has 0 unspecified atom stereocenters. The van der Waals surface area contributed by atoms with Crippen LogP contribution in [0.3, 0.4) is 0 Å². The predicted molar refractivity (Wildman–Crippen MR) is 207 cm³/mol. The number of thiazole rings is 2. The summed E-state index contributed by atoms with van der Waals surface area (Å²) in [5, 5.41) is 28.4. The van der Waals surface area contributed by atoms with E-state index in [9.17, 15) is 25.4 Å². The van der Waals surface area contributed by atoms with E-state index in [0.29, 0.717) is 31.5 Å². The zero-order valence-corrected chi connectivity index (χ0v) is 31.6. The molecular weight excluding hydrogens is 741 g/mol. The Bertz CT molecular complexity index is 2960. The molecule has 0 aliphatic heterocycles. The Hall–Kier alpha value is -4.38. The van der Waals surface area contributed by atoms with Gasteiger partial charge in [0.05, 0.1) is 40.7 Å². The molecule has 0 N–H and O–H groups in total. The maximum Gasteiger partial charge on any atom is 0.294 e. The van der Waals surface area contributed by atoms with Crippen LogP contribution in [0, 0.1) is 40.6 Å². The standard InChI is InChI=1S/C36H24N6O2S6/c1-4-41-32(43)24(48-34(41)18(15-37)16-38)13-19-11-21-27(45-19)29-26(36(21)9-7-6-8-10-36)30-31(50-29)28-23(47-30)12-20(46-28)14-25-33(44)42(5-2)35(49-25)22(17-39)40-3/h11-14H,4-10H2,1-2H3/b24-13-,25-14-,35-22-. The van der Waals surface area contributed by atoms with Gasteiger partial charge in [0.2, 0.25) is 0 Å². The van der Waals surface area contributed by atoms with Crippen LogP contribution in [0.25, 0.3) is 56.8 Å². The summed E-state index contributed by atoms with van der Waals surface area (Å²) in [6, 6.07) is 10.3. The van der Waals surface area contributed by atoms with Crippen molar-refractivity contribution in [1.82, 2.24) is 9.13 Å². The second kappa shape index (κ2) is 12.4. The van der Waals surface area contributed by atoms with Gasteiger partial charge in [0.15, 0.2) is 5.57 Å². The number of nitriles is 3. The minimum Gasteiger partial charge on any atom is -0.307 e. The molecule has 1 saturated carbocycles. The maximum atomic E-state index is 13.3. The Labute approximate surface area is 309 Å². The molecule has 1 fully saturated rings. The minimum absolute atomic E-state index is 0.0441. The first kappa shape index (κ1) is 32.8. The molecule has 14 heteroatoms. The van der Waals surface area contributed by atoms with Gasteiger partial charge < -0.3 is 4.57 Å².